The molecule has 2 aromatic carbocycles. The van der Waals surface area contributed by atoms with Crippen molar-refractivity contribution in [3.05, 3.63) is 59.5 Å². The lowest BCUT2D eigenvalue weighted by Crippen LogP contribution is -2.49. The number of aromatic nitrogens is 5. The Morgan fingerprint density at radius 1 is 0.929 bits per heavy atom. The van der Waals surface area contributed by atoms with Crippen LogP contribution < -0.4 is 11.1 Å². The number of nitrogens with one attached hydrogen (secondary N) is 1. The van der Waals surface area contributed by atoms with Crippen molar-refractivity contribution in [2.75, 3.05) is 44.3 Å². The number of nitrogens with zero attached hydrogens (tertiary/aromatic N) is 7. The number of likely N-dealkylation sites (N-methyl/N-ethyl adjacent to an activating group) is 1. The second-order valence-electron chi connectivity index (χ2n) is 12.0. The van der Waals surface area contributed by atoms with Gasteiger partial charge in [-0.2, -0.15) is 0 Å². The molecule has 7 rings (SSSR count). The summed E-state index contributed by atoms with van der Waals surface area (Å²) in [6.45, 7) is 6.74. The number of halogens is 1. The lowest BCUT2D eigenvalue weighted by molar-refractivity contribution is 0.0828. The molecule has 218 valence electrons. The molecule has 0 unspecified atom stereocenters. The number of anilines is 3. The lowest BCUT2D eigenvalue weighted by Gasteiger charge is -2.41. The molecule has 10 heteroatoms. The summed E-state index contributed by atoms with van der Waals surface area (Å²) in [5.41, 5.74) is 13.5. The maximum Gasteiger partial charge on any atom is 0.208 e. The molecule has 2 aliphatic rings. The first kappa shape index (κ1) is 27.2. The molecule has 0 atom stereocenters. The van der Waals surface area contributed by atoms with Crippen molar-refractivity contribution >= 4 is 51.1 Å². The van der Waals surface area contributed by atoms with E-state index in [0.29, 0.717) is 22.9 Å². The van der Waals surface area contributed by atoms with Crippen LogP contribution in [-0.4, -0.2) is 73.2 Å². The maximum absolute atomic E-state index is 6.47. The fourth-order valence-electron chi connectivity index (χ4n) is 6.88. The highest BCUT2D eigenvalue weighted by atomic mass is 35.5. The van der Waals surface area contributed by atoms with Gasteiger partial charge in [0.15, 0.2) is 0 Å². The molecule has 9 nitrogen and oxygen atoms in total. The Labute approximate surface area is 251 Å². The summed E-state index contributed by atoms with van der Waals surface area (Å²) in [5.74, 6) is 1.29. The van der Waals surface area contributed by atoms with Crippen LogP contribution in [0.1, 0.15) is 37.3 Å². The van der Waals surface area contributed by atoms with E-state index in [0.717, 1.165) is 63.2 Å². The highest BCUT2D eigenvalue weighted by molar-refractivity contribution is 6.31. The normalized spacial score (nSPS) is 20.5. The van der Waals surface area contributed by atoms with E-state index in [1.165, 1.54) is 39.0 Å². The van der Waals surface area contributed by atoms with Crippen molar-refractivity contribution in [3.63, 3.8) is 0 Å². The van der Waals surface area contributed by atoms with Gasteiger partial charge in [0.25, 0.3) is 0 Å². The van der Waals surface area contributed by atoms with Crippen molar-refractivity contribution in [1.82, 2.24) is 33.9 Å². The van der Waals surface area contributed by atoms with Crippen LogP contribution in [0.15, 0.2) is 48.9 Å². The van der Waals surface area contributed by atoms with Gasteiger partial charge < -0.3 is 25.1 Å². The number of hydrogen-bond acceptors (Lipinski definition) is 7. The summed E-state index contributed by atoms with van der Waals surface area (Å²) >= 11 is 6.30. The van der Waals surface area contributed by atoms with Crippen LogP contribution in [0, 0.1) is 6.92 Å². The fraction of sp³-hybridized carbons (Fsp3) is 0.406. The standard InChI is InChI=1S/C32H38ClN9/c1-20-16-22(33)17-27-29(20)38-32(40(27)3)37-23-6-4-21(5-7-23)26-18-42(31-28(26)30(34)35-19-36-31)25-10-8-24(9-11-25)41-14-12-39(2)13-15-41/h4-7,16-19,24-25H,8-15H2,1-3H3,(H,37,38)(H2,34,35,36)/t24-,25+. The molecule has 42 heavy (non-hydrogen) atoms. The molecule has 0 bridgehead atoms. The van der Waals surface area contributed by atoms with Gasteiger partial charge in [-0.3, -0.25) is 4.90 Å². The van der Waals surface area contributed by atoms with Gasteiger partial charge in [0, 0.05) is 67.8 Å². The molecule has 1 aliphatic heterocycles. The van der Waals surface area contributed by atoms with Crippen LogP contribution in [0.5, 0.6) is 0 Å². The third-order valence-electron chi connectivity index (χ3n) is 9.35. The van der Waals surface area contributed by atoms with Gasteiger partial charge in [0.1, 0.15) is 17.8 Å². The third-order valence-corrected chi connectivity index (χ3v) is 9.56. The number of nitrogen functional groups attached to an aromatic ring is 1. The van der Waals surface area contributed by atoms with Gasteiger partial charge >= 0.3 is 0 Å². The Bertz CT molecular complexity index is 1740. The van der Waals surface area contributed by atoms with E-state index >= 15 is 0 Å². The van der Waals surface area contributed by atoms with Crippen molar-refractivity contribution in [1.29, 1.82) is 0 Å². The number of fused-ring (bicyclic) bond motifs is 2. The Balaban J connectivity index is 1.13. The van der Waals surface area contributed by atoms with Crippen LogP contribution >= 0.6 is 11.6 Å². The smallest absolute Gasteiger partial charge is 0.208 e. The Hall–Kier alpha value is -3.66. The van der Waals surface area contributed by atoms with Crippen molar-refractivity contribution < 1.29 is 0 Å². The Kier molecular flexibility index (Phi) is 7.04. The molecule has 1 saturated carbocycles. The molecule has 1 aliphatic carbocycles. The average Bonchev–Trinajstić information content (AvgIpc) is 3.53. The summed E-state index contributed by atoms with van der Waals surface area (Å²) < 4.78 is 4.40. The summed E-state index contributed by atoms with van der Waals surface area (Å²) in [6, 6.07) is 13.4. The number of benzene rings is 2. The summed E-state index contributed by atoms with van der Waals surface area (Å²) in [7, 11) is 4.22. The lowest BCUT2D eigenvalue weighted by atomic mass is 9.89. The molecule has 1 saturated heterocycles. The van der Waals surface area contributed by atoms with Gasteiger partial charge in [-0.05, 0) is 75.0 Å². The quantitative estimate of drug-likeness (QED) is 0.262. The largest absolute Gasteiger partial charge is 0.383 e. The summed E-state index contributed by atoms with van der Waals surface area (Å²) in [4.78, 5) is 19.0. The monoisotopic (exact) mass is 583 g/mol. The first-order chi connectivity index (χ1) is 20.4. The molecule has 0 amide bonds. The Morgan fingerprint density at radius 3 is 2.38 bits per heavy atom. The number of imidazole rings is 1. The average molecular weight is 584 g/mol. The SMILES string of the molecule is Cc1cc(Cl)cc2c1nc(Nc1ccc(-c3cn([C@H]4CC[C@@H](N5CCN(C)CC5)CC4)c4ncnc(N)c34)cc1)n2C. The van der Waals surface area contributed by atoms with Gasteiger partial charge in [-0.1, -0.05) is 23.7 Å². The fourth-order valence-corrected chi connectivity index (χ4v) is 7.15. The van der Waals surface area contributed by atoms with E-state index in [-0.39, 0.29) is 0 Å². The highest BCUT2D eigenvalue weighted by Gasteiger charge is 2.30. The Morgan fingerprint density at radius 2 is 1.64 bits per heavy atom. The topological polar surface area (TPSA) is 93.1 Å². The predicted octanol–water partition coefficient (Wildman–Crippen LogP) is 6.00. The summed E-state index contributed by atoms with van der Waals surface area (Å²) in [5, 5.41) is 5.12. The summed E-state index contributed by atoms with van der Waals surface area (Å²) in [6.07, 6.45) is 8.57. The number of rotatable bonds is 5. The van der Waals surface area contributed by atoms with Gasteiger partial charge in [-0.25, -0.2) is 15.0 Å². The van der Waals surface area contributed by atoms with Crippen LogP contribution in [0.25, 0.3) is 33.2 Å². The van der Waals surface area contributed by atoms with Gasteiger partial charge in [-0.15, -0.1) is 0 Å². The predicted molar refractivity (Wildman–Crippen MR) is 171 cm³/mol. The second kappa shape index (κ2) is 10.9. The first-order valence-electron chi connectivity index (χ1n) is 14.9. The zero-order chi connectivity index (χ0) is 29.0. The molecular weight excluding hydrogens is 546 g/mol. The molecule has 0 spiro atoms. The van der Waals surface area contributed by atoms with E-state index in [1.807, 2.05) is 30.7 Å². The number of piperazine rings is 1. The number of nitrogens with two attached hydrogens (primary N) is 1. The minimum Gasteiger partial charge on any atom is -0.383 e. The maximum atomic E-state index is 6.47. The van der Waals surface area contributed by atoms with Gasteiger partial charge in [0.2, 0.25) is 5.95 Å². The molecule has 2 fully saturated rings. The second-order valence-corrected chi connectivity index (χ2v) is 12.4. The molecule has 3 N–H and O–H groups in total. The molecule has 0 radical (unpaired) electrons. The molecular formula is C32H38ClN9. The minimum absolute atomic E-state index is 0.412. The van der Waals surface area contributed by atoms with E-state index in [9.17, 15) is 0 Å². The van der Waals surface area contributed by atoms with Crippen LogP contribution in [0.2, 0.25) is 5.02 Å². The van der Waals surface area contributed by atoms with Crippen LogP contribution in [-0.2, 0) is 7.05 Å². The van der Waals surface area contributed by atoms with Crippen molar-refractivity contribution in [2.45, 2.75) is 44.7 Å². The molecule has 4 heterocycles. The minimum atomic E-state index is 0.412. The van der Waals surface area contributed by atoms with Crippen LogP contribution in [0.3, 0.4) is 0 Å². The number of hydrogen-bond donors (Lipinski definition) is 2. The van der Waals surface area contributed by atoms with E-state index < -0.39 is 0 Å². The van der Waals surface area contributed by atoms with E-state index in [4.69, 9.17) is 27.3 Å². The van der Waals surface area contributed by atoms with E-state index in [2.05, 4.69) is 62.2 Å². The van der Waals surface area contributed by atoms with E-state index in [1.54, 1.807) is 6.33 Å². The molecule has 5 aromatic rings. The van der Waals surface area contributed by atoms with Crippen LogP contribution in [0.4, 0.5) is 17.5 Å². The van der Waals surface area contributed by atoms with Crippen molar-refractivity contribution in [3.8, 4) is 11.1 Å². The third kappa shape index (κ3) is 4.89. The van der Waals surface area contributed by atoms with Gasteiger partial charge in [0.05, 0.1) is 16.4 Å². The van der Waals surface area contributed by atoms with Crippen molar-refractivity contribution in [2.24, 2.45) is 7.05 Å². The number of aryl methyl sites for hydroxylation is 2. The molecule has 3 aromatic heterocycles. The zero-order valence-electron chi connectivity index (χ0n) is 24.5. The first-order valence-corrected chi connectivity index (χ1v) is 15.3. The zero-order valence-corrected chi connectivity index (χ0v) is 25.3. The highest BCUT2D eigenvalue weighted by Crippen LogP contribution is 2.39.